The minimum absolute atomic E-state index is 0.0166. The summed E-state index contributed by atoms with van der Waals surface area (Å²) >= 11 is 0. The maximum atomic E-state index is 12.5. The Morgan fingerprint density at radius 2 is 1.30 bits per heavy atom. The second-order valence-corrected chi connectivity index (χ2v) is 23.6. The lowest BCUT2D eigenvalue weighted by atomic mass is 9.33. The van der Waals surface area contributed by atoms with Gasteiger partial charge in [-0.25, -0.2) is 4.79 Å². The van der Waals surface area contributed by atoms with Gasteiger partial charge in [-0.2, -0.15) is 0 Å². The van der Waals surface area contributed by atoms with E-state index < -0.39 is 116 Å². The quantitative estimate of drug-likeness (QED) is 0.112. The maximum Gasteiger partial charge on any atom is 0.335 e. The highest BCUT2D eigenvalue weighted by Crippen LogP contribution is 2.76. The van der Waals surface area contributed by atoms with Crippen molar-refractivity contribution in [3.8, 4) is 0 Å². The first-order chi connectivity index (χ1) is 30.7. The van der Waals surface area contributed by atoms with Crippen LogP contribution in [0.15, 0.2) is 11.6 Å². The van der Waals surface area contributed by atoms with Crippen LogP contribution in [0.2, 0.25) is 0 Å². The SMILES string of the molecule is CC1O[C@@H](OC2[C@H](OC3[C@H](OC4CCC5(C)C6CC=C7C8CC(C)(C)CC(O)C8(C)CC[C@@]7(C)C6(C)CCC5[C@@]4(C)CO)OC(C(=O)O)[C@H](O)[C@H]3O)OC(CO)[C@H](O)[C@H]2O)C(O)[C@@H](O)[C@H]1O. The predicted molar refractivity (Wildman–Crippen MR) is 231 cm³/mol. The van der Waals surface area contributed by atoms with Crippen LogP contribution in [0.4, 0.5) is 0 Å². The molecule has 3 aliphatic heterocycles. The van der Waals surface area contributed by atoms with Gasteiger partial charge in [0.2, 0.25) is 0 Å². The molecule has 0 aromatic rings. The molecule has 66 heavy (non-hydrogen) atoms. The zero-order valence-corrected chi connectivity index (χ0v) is 39.7. The summed E-state index contributed by atoms with van der Waals surface area (Å²) < 4.78 is 36.2. The van der Waals surface area contributed by atoms with Gasteiger partial charge in [0.1, 0.15) is 61.0 Å². The standard InChI is InChI=1S/C48H78O18/c1-21-29(52)31(54)35(58)40(61-21)65-37-32(55)30(53)24(19-49)62-41(37)66-38-34(57)33(56)36(39(59)60)64-42(38)63-28-12-13-45(5)25(46(28,6)20-50)11-14-48(8)26(45)10-9-22-23-17-43(2,3)18-27(51)44(23,4)15-16-47(22,48)7/h9,21,23-38,40-42,49-58H,10-20H2,1-8H3,(H,59,60)/t21?,23?,24?,25?,26?,27?,28?,29-,30-,31-,32+,33+,34+,35?,36?,37?,38?,40-,41-,42+,44?,45?,46+,47+,48?/m0/s1. The summed E-state index contributed by atoms with van der Waals surface area (Å²) in [6.07, 6.45) is -17.6. The lowest BCUT2D eigenvalue weighted by molar-refractivity contribution is -0.396. The fourth-order valence-corrected chi connectivity index (χ4v) is 15.1. The van der Waals surface area contributed by atoms with Crippen LogP contribution in [0.5, 0.6) is 0 Å². The molecule has 11 N–H and O–H groups in total. The van der Waals surface area contributed by atoms with Crippen molar-refractivity contribution in [1.82, 2.24) is 0 Å². The van der Waals surface area contributed by atoms with Crippen molar-refractivity contribution in [3.05, 3.63) is 11.6 Å². The Morgan fingerprint density at radius 1 is 0.667 bits per heavy atom. The number of carboxylic acids is 1. The fraction of sp³-hybridized carbons (Fsp3) is 0.938. The van der Waals surface area contributed by atoms with E-state index in [-0.39, 0.29) is 57.5 Å². The van der Waals surface area contributed by atoms with Crippen LogP contribution >= 0.6 is 0 Å². The molecule has 0 bridgehead atoms. The molecule has 18 heteroatoms. The number of fused-ring (bicyclic) bond motifs is 7. The molecule has 4 saturated carbocycles. The molecule has 3 saturated heterocycles. The monoisotopic (exact) mass is 943 g/mol. The largest absolute Gasteiger partial charge is 0.479 e. The Morgan fingerprint density at radius 3 is 1.94 bits per heavy atom. The zero-order valence-electron chi connectivity index (χ0n) is 39.7. The lowest BCUT2D eigenvalue weighted by Crippen LogP contribution is -2.68. The third-order valence-electron chi connectivity index (χ3n) is 19.5. The average molecular weight is 943 g/mol. The van der Waals surface area contributed by atoms with E-state index in [1.54, 1.807) is 0 Å². The molecule has 3 heterocycles. The van der Waals surface area contributed by atoms with E-state index in [9.17, 15) is 61.0 Å². The molecule has 8 aliphatic rings. The minimum atomic E-state index is -2.07. The Bertz CT molecular complexity index is 1820. The molecular formula is C48H78O18. The first-order valence-electron chi connectivity index (χ1n) is 24.3. The summed E-state index contributed by atoms with van der Waals surface area (Å²) in [4.78, 5) is 12.5. The topological polar surface area (TPSA) is 295 Å². The van der Waals surface area contributed by atoms with Crippen LogP contribution in [-0.2, 0) is 33.2 Å². The van der Waals surface area contributed by atoms with E-state index in [1.807, 2.05) is 6.92 Å². The number of aliphatic hydroxyl groups excluding tert-OH is 10. The van der Waals surface area contributed by atoms with Crippen LogP contribution in [0.25, 0.3) is 0 Å². The summed E-state index contributed by atoms with van der Waals surface area (Å²) in [6, 6.07) is 0. The number of carboxylic acid groups (broad SMARTS) is 1. The van der Waals surface area contributed by atoms with Crippen molar-refractivity contribution < 1.29 is 89.4 Å². The number of carbonyl (C=O) groups is 1. The number of hydrogen-bond acceptors (Lipinski definition) is 17. The summed E-state index contributed by atoms with van der Waals surface area (Å²) in [5, 5.41) is 120. The molecule has 378 valence electrons. The van der Waals surface area contributed by atoms with E-state index in [0.29, 0.717) is 12.8 Å². The predicted octanol–water partition coefficient (Wildman–Crippen LogP) is 0.705. The molecule has 7 fully saturated rings. The van der Waals surface area contributed by atoms with Gasteiger partial charge < -0.3 is 84.6 Å². The van der Waals surface area contributed by atoms with Crippen LogP contribution in [-0.4, -0.2) is 180 Å². The molecule has 14 unspecified atom stereocenters. The van der Waals surface area contributed by atoms with Gasteiger partial charge in [-0.3, -0.25) is 0 Å². The number of rotatable bonds is 9. The minimum Gasteiger partial charge on any atom is -0.479 e. The van der Waals surface area contributed by atoms with Gasteiger partial charge in [0, 0.05) is 10.8 Å². The molecular weight excluding hydrogens is 865 g/mol. The zero-order chi connectivity index (χ0) is 48.4. The van der Waals surface area contributed by atoms with Gasteiger partial charge in [-0.05, 0) is 104 Å². The van der Waals surface area contributed by atoms with Gasteiger partial charge in [-0.1, -0.05) is 60.1 Å². The lowest BCUT2D eigenvalue weighted by Gasteiger charge is -2.72. The smallest absolute Gasteiger partial charge is 0.335 e. The van der Waals surface area contributed by atoms with E-state index in [0.717, 1.165) is 44.9 Å². The van der Waals surface area contributed by atoms with E-state index in [4.69, 9.17) is 28.4 Å². The van der Waals surface area contributed by atoms with Crippen molar-refractivity contribution in [2.24, 2.45) is 50.2 Å². The third-order valence-corrected chi connectivity index (χ3v) is 19.5. The van der Waals surface area contributed by atoms with Crippen molar-refractivity contribution >= 4 is 5.97 Å². The Labute approximate surface area is 387 Å². The molecule has 5 aliphatic carbocycles. The summed E-state index contributed by atoms with van der Waals surface area (Å²) in [7, 11) is 0. The summed E-state index contributed by atoms with van der Waals surface area (Å²) in [5.41, 5.74) is -0.0545. The summed E-state index contributed by atoms with van der Waals surface area (Å²) in [6.45, 7) is 16.3. The van der Waals surface area contributed by atoms with Gasteiger partial charge in [-0.15, -0.1) is 0 Å². The second-order valence-electron chi connectivity index (χ2n) is 23.6. The number of aliphatic hydroxyl groups is 10. The molecule has 8 rings (SSSR count). The normalized spacial score (nSPS) is 55.9. The second kappa shape index (κ2) is 17.7. The van der Waals surface area contributed by atoms with E-state index in [1.165, 1.54) is 12.5 Å². The maximum absolute atomic E-state index is 12.5. The Kier molecular flexibility index (Phi) is 13.7. The number of aliphatic carboxylic acids is 1. The van der Waals surface area contributed by atoms with Crippen LogP contribution < -0.4 is 0 Å². The first-order valence-corrected chi connectivity index (χ1v) is 24.3. The molecule has 0 radical (unpaired) electrons. The Hall–Kier alpha value is -1.43. The number of hydrogen-bond donors (Lipinski definition) is 11. The fourth-order valence-electron chi connectivity index (χ4n) is 15.1. The van der Waals surface area contributed by atoms with Gasteiger partial charge >= 0.3 is 5.97 Å². The first kappa shape index (κ1) is 50.9. The number of allylic oxidation sites excluding steroid dienone is 2. The highest BCUT2D eigenvalue weighted by atomic mass is 16.8. The molecule has 0 aromatic heterocycles. The van der Waals surface area contributed by atoms with E-state index in [2.05, 4.69) is 47.6 Å². The van der Waals surface area contributed by atoms with Crippen molar-refractivity contribution in [1.29, 1.82) is 0 Å². The van der Waals surface area contributed by atoms with Crippen molar-refractivity contribution in [2.75, 3.05) is 13.2 Å². The van der Waals surface area contributed by atoms with Gasteiger partial charge in [0.25, 0.3) is 0 Å². The highest BCUT2D eigenvalue weighted by Gasteiger charge is 2.70. The van der Waals surface area contributed by atoms with Crippen molar-refractivity contribution in [2.45, 2.75) is 218 Å². The highest BCUT2D eigenvalue weighted by molar-refractivity contribution is 5.73. The summed E-state index contributed by atoms with van der Waals surface area (Å²) in [5.74, 6) is -1.16. The molecule has 25 atom stereocenters. The molecule has 18 nitrogen and oxygen atoms in total. The van der Waals surface area contributed by atoms with Crippen LogP contribution in [0.3, 0.4) is 0 Å². The molecule has 0 spiro atoms. The number of ether oxygens (including phenoxy) is 6. The van der Waals surface area contributed by atoms with Crippen molar-refractivity contribution in [3.63, 3.8) is 0 Å². The van der Waals surface area contributed by atoms with Gasteiger partial charge in [0.15, 0.2) is 25.0 Å². The molecule has 0 aromatic carbocycles. The Balaban J connectivity index is 1.08. The van der Waals surface area contributed by atoms with E-state index >= 15 is 0 Å². The average Bonchev–Trinajstić information content (AvgIpc) is 3.25. The van der Waals surface area contributed by atoms with Gasteiger partial charge in [0.05, 0.1) is 31.5 Å². The third kappa shape index (κ3) is 7.78. The van der Waals surface area contributed by atoms with Crippen LogP contribution in [0, 0.1) is 50.2 Å². The van der Waals surface area contributed by atoms with Crippen LogP contribution in [0.1, 0.15) is 113 Å². The molecule has 0 amide bonds.